The number of carbonyl (C=O) groups is 1. The molecular weight excluding hydrogens is 222 g/mol. The second-order valence-corrected chi connectivity index (χ2v) is 6.15. The van der Waals surface area contributed by atoms with Crippen molar-refractivity contribution in [3.05, 3.63) is 29.3 Å². The van der Waals surface area contributed by atoms with E-state index in [1.165, 1.54) is 30.4 Å². The summed E-state index contributed by atoms with van der Waals surface area (Å²) in [4.78, 5) is 12.3. The standard InChI is InChI=1S/C16H21NO/c1-10-5-11(2)7-14(6-10)17-16(18)15-9-12-3-4-13(15)8-12/h5-7,12-13,15H,3-4,8-9H2,1-2H3,(H,17,18)/t12-,13+,15+/m1/s1. The van der Waals surface area contributed by atoms with E-state index in [4.69, 9.17) is 0 Å². The highest BCUT2D eigenvalue weighted by Gasteiger charge is 2.42. The quantitative estimate of drug-likeness (QED) is 0.843. The first kappa shape index (κ1) is 11.8. The van der Waals surface area contributed by atoms with Gasteiger partial charge in [-0.3, -0.25) is 4.79 Å². The molecule has 2 bridgehead atoms. The van der Waals surface area contributed by atoms with Gasteiger partial charge < -0.3 is 5.32 Å². The van der Waals surface area contributed by atoms with Crippen LogP contribution in [0, 0.1) is 31.6 Å². The first-order chi connectivity index (χ1) is 8.61. The first-order valence-corrected chi connectivity index (χ1v) is 7.01. The van der Waals surface area contributed by atoms with Crippen LogP contribution in [0.3, 0.4) is 0 Å². The van der Waals surface area contributed by atoms with Gasteiger partial charge in [0.05, 0.1) is 0 Å². The molecular formula is C16H21NO. The molecule has 2 saturated carbocycles. The lowest BCUT2D eigenvalue weighted by Gasteiger charge is -2.21. The molecule has 2 aliphatic carbocycles. The monoisotopic (exact) mass is 243 g/mol. The third-order valence-corrected chi connectivity index (χ3v) is 4.56. The molecule has 1 amide bonds. The zero-order valence-corrected chi connectivity index (χ0v) is 11.2. The normalized spacial score (nSPS) is 29.6. The van der Waals surface area contributed by atoms with Crippen LogP contribution in [0.2, 0.25) is 0 Å². The van der Waals surface area contributed by atoms with Gasteiger partial charge in [0.15, 0.2) is 0 Å². The molecule has 3 atom stereocenters. The molecule has 1 aromatic rings. The van der Waals surface area contributed by atoms with Crippen molar-refractivity contribution < 1.29 is 4.79 Å². The molecule has 1 aromatic carbocycles. The van der Waals surface area contributed by atoms with Gasteiger partial charge in [-0.2, -0.15) is 0 Å². The summed E-state index contributed by atoms with van der Waals surface area (Å²) in [5.41, 5.74) is 3.37. The van der Waals surface area contributed by atoms with Gasteiger partial charge in [-0.1, -0.05) is 12.5 Å². The van der Waals surface area contributed by atoms with Gasteiger partial charge in [0, 0.05) is 11.6 Å². The van der Waals surface area contributed by atoms with Gasteiger partial charge in [0.2, 0.25) is 5.91 Å². The van der Waals surface area contributed by atoms with Crippen molar-refractivity contribution in [1.82, 2.24) is 0 Å². The van der Waals surface area contributed by atoms with E-state index in [1.807, 2.05) is 0 Å². The number of nitrogens with one attached hydrogen (secondary N) is 1. The highest BCUT2D eigenvalue weighted by Crippen LogP contribution is 2.48. The summed E-state index contributed by atoms with van der Waals surface area (Å²) in [7, 11) is 0. The fourth-order valence-corrected chi connectivity index (χ4v) is 3.85. The lowest BCUT2D eigenvalue weighted by Crippen LogP contribution is -2.27. The number of benzene rings is 1. The highest BCUT2D eigenvalue weighted by molar-refractivity contribution is 5.93. The molecule has 0 heterocycles. The molecule has 0 spiro atoms. The minimum absolute atomic E-state index is 0.243. The summed E-state index contributed by atoms with van der Waals surface area (Å²) < 4.78 is 0. The topological polar surface area (TPSA) is 29.1 Å². The lowest BCUT2D eigenvalue weighted by molar-refractivity contribution is -0.121. The van der Waals surface area contributed by atoms with Crippen molar-refractivity contribution in [2.24, 2.45) is 17.8 Å². The maximum Gasteiger partial charge on any atom is 0.227 e. The Balaban J connectivity index is 1.70. The zero-order valence-electron chi connectivity index (χ0n) is 11.2. The van der Waals surface area contributed by atoms with E-state index >= 15 is 0 Å². The summed E-state index contributed by atoms with van der Waals surface area (Å²) in [5, 5.41) is 3.11. The molecule has 0 aliphatic heterocycles. The van der Waals surface area contributed by atoms with Gasteiger partial charge in [0.25, 0.3) is 0 Å². The molecule has 2 aliphatic rings. The maximum absolute atomic E-state index is 12.3. The Morgan fingerprint density at radius 1 is 1.11 bits per heavy atom. The Hall–Kier alpha value is -1.31. The minimum Gasteiger partial charge on any atom is -0.326 e. The van der Waals surface area contributed by atoms with Crippen LogP contribution < -0.4 is 5.32 Å². The smallest absolute Gasteiger partial charge is 0.227 e. The minimum atomic E-state index is 0.243. The van der Waals surface area contributed by atoms with Crippen LogP contribution >= 0.6 is 0 Å². The van der Waals surface area contributed by atoms with E-state index in [9.17, 15) is 4.79 Å². The number of hydrogen-bond donors (Lipinski definition) is 1. The number of amides is 1. The van der Waals surface area contributed by atoms with Crippen molar-refractivity contribution in [3.63, 3.8) is 0 Å². The predicted octanol–water partition coefficient (Wildman–Crippen LogP) is 3.68. The van der Waals surface area contributed by atoms with Crippen molar-refractivity contribution >= 4 is 11.6 Å². The second-order valence-electron chi connectivity index (χ2n) is 6.15. The van der Waals surface area contributed by atoms with Gasteiger partial charge in [-0.15, -0.1) is 0 Å². The number of fused-ring (bicyclic) bond motifs is 2. The number of rotatable bonds is 2. The van der Waals surface area contributed by atoms with Crippen molar-refractivity contribution in [2.45, 2.75) is 39.5 Å². The Bertz CT molecular complexity index is 460. The Kier molecular flexibility index (Phi) is 2.89. The average Bonchev–Trinajstić information content (AvgIpc) is 2.88. The van der Waals surface area contributed by atoms with Gasteiger partial charge >= 0.3 is 0 Å². The van der Waals surface area contributed by atoms with Crippen LogP contribution in [0.1, 0.15) is 36.8 Å². The van der Waals surface area contributed by atoms with Gasteiger partial charge in [0.1, 0.15) is 0 Å². The van der Waals surface area contributed by atoms with Crippen LogP contribution in [0.25, 0.3) is 0 Å². The molecule has 2 fully saturated rings. The fourth-order valence-electron chi connectivity index (χ4n) is 3.85. The molecule has 1 N–H and O–H groups in total. The van der Waals surface area contributed by atoms with Crippen LogP contribution in [-0.4, -0.2) is 5.91 Å². The second kappa shape index (κ2) is 4.42. The molecule has 2 heteroatoms. The third kappa shape index (κ3) is 2.16. The number of carbonyl (C=O) groups excluding carboxylic acids is 1. The van der Waals surface area contributed by atoms with Crippen LogP contribution in [0.15, 0.2) is 18.2 Å². The summed E-state index contributed by atoms with van der Waals surface area (Å²) in [6.45, 7) is 4.14. The molecule has 0 aromatic heterocycles. The van der Waals surface area contributed by atoms with Crippen LogP contribution in [0.5, 0.6) is 0 Å². The van der Waals surface area contributed by atoms with Crippen molar-refractivity contribution in [1.29, 1.82) is 0 Å². The van der Waals surface area contributed by atoms with E-state index < -0.39 is 0 Å². The Labute approximate surface area is 109 Å². The number of hydrogen-bond acceptors (Lipinski definition) is 1. The van der Waals surface area contributed by atoms with E-state index in [0.717, 1.165) is 18.0 Å². The highest BCUT2D eigenvalue weighted by atomic mass is 16.1. The van der Waals surface area contributed by atoms with Gasteiger partial charge in [-0.05, 0) is 68.2 Å². The summed E-state index contributed by atoms with van der Waals surface area (Å²) in [6.07, 6.45) is 5.00. The largest absolute Gasteiger partial charge is 0.326 e. The van der Waals surface area contributed by atoms with E-state index in [1.54, 1.807) is 0 Å². The van der Waals surface area contributed by atoms with Crippen LogP contribution in [0.4, 0.5) is 5.69 Å². The van der Waals surface area contributed by atoms with Crippen molar-refractivity contribution in [3.8, 4) is 0 Å². The average molecular weight is 243 g/mol. The fraction of sp³-hybridized carbons (Fsp3) is 0.562. The molecule has 2 nitrogen and oxygen atoms in total. The van der Waals surface area contributed by atoms with E-state index in [0.29, 0.717) is 5.92 Å². The zero-order chi connectivity index (χ0) is 12.7. The van der Waals surface area contributed by atoms with Gasteiger partial charge in [-0.25, -0.2) is 0 Å². The summed E-state index contributed by atoms with van der Waals surface area (Å²) >= 11 is 0. The molecule has 0 radical (unpaired) electrons. The molecule has 0 unspecified atom stereocenters. The molecule has 0 saturated heterocycles. The maximum atomic E-state index is 12.3. The predicted molar refractivity (Wildman–Crippen MR) is 73.5 cm³/mol. The lowest BCUT2D eigenvalue weighted by atomic mass is 9.88. The molecule has 96 valence electrons. The van der Waals surface area contributed by atoms with Crippen LogP contribution in [-0.2, 0) is 4.79 Å². The molecule has 18 heavy (non-hydrogen) atoms. The van der Waals surface area contributed by atoms with E-state index in [-0.39, 0.29) is 11.8 Å². The number of anilines is 1. The SMILES string of the molecule is Cc1cc(C)cc(NC(=O)[C@H]2C[C@@H]3CC[C@H]2C3)c1. The first-order valence-electron chi connectivity index (χ1n) is 7.01. The Morgan fingerprint density at radius 3 is 2.39 bits per heavy atom. The van der Waals surface area contributed by atoms with Crippen molar-refractivity contribution in [2.75, 3.05) is 5.32 Å². The Morgan fingerprint density at radius 2 is 1.83 bits per heavy atom. The summed E-state index contributed by atoms with van der Waals surface area (Å²) in [5.74, 6) is 1.99. The number of aryl methyl sites for hydroxylation is 2. The summed E-state index contributed by atoms with van der Waals surface area (Å²) in [6, 6.07) is 6.24. The third-order valence-electron chi connectivity index (χ3n) is 4.56. The molecule has 3 rings (SSSR count). The van der Waals surface area contributed by atoms with E-state index in [2.05, 4.69) is 37.4 Å².